The lowest BCUT2D eigenvalue weighted by Crippen LogP contribution is -2.54. The summed E-state index contributed by atoms with van der Waals surface area (Å²) in [6.45, 7) is 8.61. The van der Waals surface area contributed by atoms with Gasteiger partial charge in [0.15, 0.2) is 0 Å². The van der Waals surface area contributed by atoms with Crippen molar-refractivity contribution < 1.29 is 22.4 Å². The van der Waals surface area contributed by atoms with Crippen LogP contribution in [0.15, 0.2) is 48.5 Å². The number of hydrogen-bond acceptors (Lipinski definition) is 4. The van der Waals surface area contributed by atoms with Gasteiger partial charge in [-0.1, -0.05) is 29.8 Å². The second-order valence-electron chi connectivity index (χ2n) is 9.70. The van der Waals surface area contributed by atoms with Crippen LogP contribution in [0.1, 0.15) is 38.8 Å². The number of carbonyl (C=O) groups is 2. The molecular formula is C25H35FN4O4S. The first-order valence-corrected chi connectivity index (χ1v) is 12.6. The van der Waals surface area contributed by atoms with E-state index in [1.807, 2.05) is 52.0 Å². The maximum Gasteiger partial charge on any atom is 0.304 e. The third kappa shape index (κ3) is 7.76. The zero-order valence-electron chi connectivity index (χ0n) is 21.4. The molecule has 192 valence electrons. The van der Waals surface area contributed by atoms with Crippen LogP contribution in [0.4, 0.5) is 10.1 Å². The number of amides is 2. The van der Waals surface area contributed by atoms with Crippen molar-refractivity contribution in [3.05, 3.63) is 65.5 Å². The fraction of sp³-hybridized carbons (Fsp3) is 0.440. The standard InChI is InChI=1S/C25H35FN4O4S/c1-18-8-10-20(11-9-18)16-29(19(2)24(32)27-25(3,4)5)23(31)17-30(35(33,34)28(6)7)22-14-12-21(26)13-15-22/h8-15,19H,16-17H2,1-7H3,(H,27,32). The Balaban J connectivity index is 2.45. The summed E-state index contributed by atoms with van der Waals surface area (Å²) in [5.41, 5.74) is 1.46. The molecule has 1 atom stereocenters. The Morgan fingerprint density at radius 3 is 2.03 bits per heavy atom. The summed E-state index contributed by atoms with van der Waals surface area (Å²) in [6, 6.07) is 11.5. The van der Waals surface area contributed by atoms with Crippen LogP contribution < -0.4 is 9.62 Å². The summed E-state index contributed by atoms with van der Waals surface area (Å²) < 4.78 is 41.5. The van der Waals surface area contributed by atoms with Crippen molar-refractivity contribution in [2.24, 2.45) is 0 Å². The number of benzene rings is 2. The van der Waals surface area contributed by atoms with E-state index in [4.69, 9.17) is 0 Å². The summed E-state index contributed by atoms with van der Waals surface area (Å²) in [6.07, 6.45) is 0. The lowest BCUT2D eigenvalue weighted by Gasteiger charge is -2.34. The van der Waals surface area contributed by atoms with Gasteiger partial charge >= 0.3 is 10.2 Å². The molecule has 0 aliphatic rings. The molecule has 1 N–H and O–H groups in total. The highest BCUT2D eigenvalue weighted by Gasteiger charge is 2.33. The maximum atomic E-state index is 13.6. The van der Waals surface area contributed by atoms with Crippen molar-refractivity contribution in [3.63, 3.8) is 0 Å². The molecule has 2 amide bonds. The molecule has 0 saturated heterocycles. The normalized spacial score (nSPS) is 12.8. The Morgan fingerprint density at radius 1 is 1.00 bits per heavy atom. The lowest BCUT2D eigenvalue weighted by atomic mass is 10.1. The van der Waals surface area contributed by atoms with Crippen LogP contribution in [0.3, 0.4) is 0 Å². The minimum Gasteiger partial charge on any atom is -0.350 e. The smallest absolute Gasteiger partial charge is 0.304 e. The molecule has 2 rings (SSSR count). The van der Waals surface area contributed by atoms with Gasteiger partial charge in [-0.15, -0.1) is 0 Å². The van der Waals surface area contributed by atoms with E-state index in [2.05, 4.69) is 5.32 Å². The van der Waals surface area contributed by atoms with Crippen LogP contribution in [0, 0.1) is 12.7 Å². The Morgan fingerprint density at radius 2 is 1.54 bits per heavy atom. The van der Waals surface area contributed by atoms with E-state index in [-0.39, 0.29) is 18.1 Å². The number of hydrogen-bond donors (Lipinski definition) is 1. The molecule has 35 heavy (non-hydrogen) atoms. The number of nitrogens with one attached hydrogen (secondary N) is 1. The molecule has 0 saturated carbocycles. The monoisotopic (exact) mass is 506 g/mol. The van der Waals surface area contributed by atoms with Crippen molar-refractivity contribution in [2.75, 3.05) is 24.9 Å². The van der Waals surface area contributed by atoms with Crippen molar-refractivity contribution in [1.82, 2.24) is 14.5 Å². The lowest BCUT2D eigenvalue weighted by molar-refractivity contribution is -0.140. The number of carbonyl (C=O) groups excluding carboxylic acids is 2. The van der Waals surface area contributed by atoms with E-state index < -0.39 is 40.1 Å². The summed E-state index contributed by atoms with van der Waals surface area (Å²) in [4.78, 5) is 27.9. The molecule has 0 aliphatic heterocycles. The van der Waals surface area contributed by atoms with Crippen molar-refractivity contribution in [2.45, 2.75) is 52.7 Å². The van der Waals surface area contributed by atoms with E-state index in [0.717, 1.165) is 31.9 Å². The molecule has 2 aromatic carbocycles. The predicted molar refractivity (Wildman–Crippen MR) is 135 cm³/mol. The highest BCUT2D eigenvalue weighted by Crippen LogP contribution is 2.21. The predicted octanol–water partition coefficient (Wildman–Crippen LogP) is 3.08. The third-order valence-corrected chi connectivity index (χ3v) is 7.09. The quantitative estimate of drug-likeness (QED) is 0.566. The molecule has 0 fully saturated rings. The van der Waals surface area contributed by atoms with Gasteiger partial charge in [-0.25, -0.2) is 8.70 Å². The van der Waals surface area contributed by atoms with Crippen LogP contribution in [-0.4, -0.2) is 61.7 Å². The van der Waals surface area contributed by atoms with E-state index in [9.17, 15) is 22.4 Å². The largest absolute Gasteiger partial charge is 0.350 e. The first-order chi connectivity index (χ1) is 16.1. The first-order valence-electron chi connectivity index (χ1n) is 11.2. The van der Waals surface area contributed by atoms with E-state index in [1.54, 1.807) is 6.92 Å². The molecule has 0 radical (unpaired) electrons. The average molecular weight is 507 g/mol. The summed E-state index contributed by atoms with van der Waals surface area (Å²) in [5.74, 6) is -1.46. The number of rotatable bonds is 9. The SMILES string of the molecule is Cc1ccc(CN(C(=O)CN(c2ccc(F)cc2)S(=O)(=O)N(C)C)C(C)C(=O)NC(C)(C)C)cc1. The molecule has 1 unspecified atom stereocenters. The maximum absolute atomic E-state index is 13.6. The van der Waals surface area contributed by atoms with Gasteiger partial charge in [0.2, 0.25) is 11.8 Å². The van der Waals surface area contributed by atoms with E-state index >= 15 is 0 Å². The van der Waals surface area contributed by atoms with Gasteiger partial charge in [0.25, 0.3) is 0 Å². The van der Waals surface area contributed by atoms with Gasteiger partial charge in [-0.05, 0) is 64.4 Å². The Kier molecular flexibility index (Phi) is 9.02. The second kappa shape index (κ2) is 11.2. The Labute approximate surface area is 207 Å². The van der Waals surface area contributed by atoms with E-state index in [1.165, 1.54) is 31.1 Å². The summed E-state index contributed by atoms with van der Waals surface area (Å²) in [5, 5.41) is 2.87. The molecule has 0 heterocycles. The molecule has 10 heteroatoms. The zero-order valence-corrected chi connectivity index (χ0v) is 22.2. The van der Waals surface area contributed by atoms with Crippen LogP contribution in [0.5, 0.6) is 0 Å². The summed E-state index contributed by atoms with van der Waals surface area (Å²) >= 11 is 0. The third-order valence-electron chi connectivity index (χ3n) is 5.27. The molecule has 0 aromatic heterocycles. The molecule has 0 bridgehead atoms. The Hall–Kier alpha value is -2.98. The van der Waals surface area contributed by atoms with Crippen molar-refractivity contribution >= 4 is 27.7 Å². The van der Waals surface area contributed by atoms with Gasteiger partial charge in [0, 0.05) is 26.2 Å². The number of halogens is 1. The van der Waals surface area contributed by atoms with Crippen LogP contribution in [-0.2, 0) is 26.3 Å². The molecule has 0 spiro atoms. The fourth-order valence-corrected chi connectivity index (χ4v) is 4.33. The van der Waals surface area contributed by atoms with Crippen molar-refractivity contribution in [1.29, 1.82) is 0 Å². The molecule has 0 aliphatic carbocycles. The number of nitrogens with zero attached hydrogens (tertiary/aromatic N) is 3. The fourth-order valence-electron chi connectivity index (χ4n) is 3.27. The molecular weight excluding hydrogens is 471 g/mol. The number of aryl methyl sites for hydroxylation is 1. The minimum absolute atomic E-state index is 0.108. The van der Waals surface area contributed by atoms with Crippen LogP contribution in [0.25, 0.3) is 0 Å². The first kappa shape index (κ1) is 28.3. The number of anilines is 1. The van der Waals surface area contributed by atoms with Gasteiger partial charge in [-0.2, -0.15) is 12.7 Å². The minimum atomic E-state index is -4.09. The van der Waals surface area contributed by atoms with Gasteiger partial charge in [-0.3, -0.25) is 9.59 Å². The van der Waals surface area contributed by atoms with E-state index in [0.29, 0.717) is 0 Å². The summed E-state index contributed by atoms with van der Waals surface area (Å²) in [7, 11) is -1.40. The van der Waals surface area contributed by atoms with Crippen LogP contribution >= 0.6 is 0 Å². The van der Waals surface area contributed by atoms with Crippen LogP contribution in [0.2, 0.25) is 0 Å². The van der Waals surface area contributed by atoms with Crippen molar-refractivity contribution in [3.8, 4) is 0 Å². The highest BCUT2D eigenvalue weighted by atomic mass is 32.2. The molecule has 2 aromatic rings. The Bertz CT molecular complexity index is 1130. The topological polar surface area (TPSA) is 90.0 Å². The zero-order chi connectivity index (χ0) is 26.6. The highest BCUT2D eigenvalue weighted by molar-refractivity contribution is 7.90. The second-order valence-corrected chi connectivity index (χ2v) is 11.8. The van der Waals surface area contributed by atoms with Gasteiger partial charge in [0.05, 0.1) is 5.69 Å². The van der Waals surface area contributed by atoms with Gasteiger partial charge < -0.3 is 10.2 Å². The average Bonchev–Trinajstić information content (AvgIpc) is 2.75. The molecule has 8 nitrogen and oxygen atoms in total. The van der Waals surface area contributed by atoms with Gasteiger partial charge in [0.1, 0.15) is 18.4 Å².